The summed E-state index contributed by atoms with van der Waals surface area (Å²) in [6.07, 6.45) is 7.87. The van der Waals surface area contributed by atoms with Gasteiger partial charge in [-0.15, -0.1) is 0 Å². The zero-order valence-corrected chi connectivity index (χ0v) is 10.9. The number of para-hydroxylation sites is 1. The number of aromatic nitrogens is 1. The Bertz CT molecular complexity index is 642. The first-order valence-corrected chi connectivity index (χ1v) is 5.93. The highest BCUT2D eigenvalue weighted by molar-refractivity contribution is 5.89. The molecule has 0 aliphatic heterocycles. The third-order valence-electron chi connectivity index (χ3n) is 2.81. The summed E-state index contributed by atoms with van der Waals surface area (Å²) in [5, 5.41) is 1.21. The van der Waals surface area contributed by atoms with Crippen LogP contribution in [0.15, 0.2) is 60.5 Å². The summed E-state index contributed by atoms with van der Waals surface area (Å²) in [5.41, 5.74) is 10.0. The molecule has 0 saturated heterocycles. The van der Waals surface area contributed by atoms with E-state index in [4.69, 9.17) is 5.73 Å². The van der Waals surface area contributed by atoms with Crippen molar-refractivity contribution >= 4 is 17.0 Å². The fourth-order valence-corrected chi connectivity index (χ4v) is 1.95. The van der Waals surface area contributed by atoms with Gasteiger partial charge >= 0.3 is 0 Å². The second-order valence-corrected chi connectivity index (χ2v) is 4.54. The Hall–Kier alpha value is -2.22. The Morgan fingerprint density at radius 2 is 2.00 bits per heavy atom. The molecule has 2 heteroatoms. The largest absolute Gasteiger partial charge is 0.399 e. The monoisotopic (exact) mass is 238 g/mol. The van der Waals surface area contributed by atoms with E-state index in [1.807, 2.05) is 44.3 Å². The van der Waals surface area contributed by atoms with Crippen LogP contribution in [0.25, 0.3) is 17.0 Å². The van der Waals surface area contributed by atoms with E-state index in [9.17, 15) is 0 Å². The molecule has 1 aromatic carbocycles. The molecule has 0 spiro atoms. The van der Waals surface area contributed by atoms with Gasteiger partial charge in [-0.2, -0.15) is 0 Å². The predicted molar refractivity (Wildman–Crippen MR) is 79.0 cm³/mol. The summed E-state index contributed by atoms with van der Waals surface area (Å²) in [6.45, 7) is 5.76. The first-order chi connectivity index (χ1) is 8.58. The summed E-state index contributed by atoms with van der Waals surface area (Å²) in [6, 6.07) is 8.29. The van der Waals surface area contributed by atoms with Crippen LogP contribution in [0.1, 0.15) is 12.5 Å². The molecule has 0 amide bonds. The molecule has 92 valence electrons. The van der Waals surface area contributed by atoms with E-state index in [0.29, 0.717) is 0 Å². The minimum Gasteiger partial charge on any atom is -0.399 e. The Balaban J connectivity index is 2.43. The molecular weight excluding hydrogens is 220 g/mol. The average Bonchev–Trinajstić information content (AvgIpc) is 2.65. The number of fused-ring (bicyclic) bond motifs is 1. The molecule has 0 bridgehead atoms. The first-order valence-electron chi connectivity index (χ1n) is 5.93. The topological polar surface area (TPSA) is 30.9 Å². The Morgan fingerprint density at radius 3 is 2.72 bits per heavy atom. The maximum absolute atomic E-state index is 5.98. The number of nitrogens with zero attached hydrogens (tertiary/aromatic N) is 1. The van der Waals surface area contributed by atoms with Gasteiger partial charge in [0.15, 0.2) is 0 Å². The quantitative estimate of drug-likeness (QED) is 0.814. The van der Waals surface area contributed by atoms with Crippen molar-refractivity contribution in [3.63, 3.8) is 0 Å². The fourth-order valence-electron chi connectivity index (χ4n) is 1.95. The van der Waals surface area contributed by atoms with Crippen LogP contribution in [0.2, 0.25) is 0 Å². The van der Waals surface area contributed by atoms with Crippen molar-refractivity contribution < 1.29 is 0 Å². The van der Waals surface area contributed by atoms with E-state index in [0.717, 1.165) is 16.8 Å². The summed E-state index contributed by atoms with van der Waals surface area (Å²) in [5.74, 6) is 0. The maximum Gasteiger partial charge on any atom is 0.0483 e. The van der Waals surface area contributed by atoms with E-state index >= 15 is 0 Å². The number of hydrogen-bond acceptors (Lipinski definition) is 1. The molecule has 2 rings (SSSR count). The number of aryl methyl sites for hydroxylation is 1. The van der Waals surface area contributed by atoms with Crippen molar-refractivity contribution in [3.05, 3.63) is 66.0 Å². The third kappa shape index (κ3) is 2.54. The zero-order chi connectivity index (χ0) is 13.1. The number of benzene rings is 1. The minimum absolute atomic E-state index is 0.731. The first kappa shape index (κ1) is 12.2. The molecule has 0 saturated carbocycles. The molecule has 0 unspecified atom stereocenters. The Labute approximate surface area is 108 Å². The molecule has 0 aliphatic rings. The zero-order valence-electron chi connectivity index (χ0n) is 10.9. The van der Waals surface area contributed by atoms with Gasteiger partial charge < -0.3 is 10.3 Å². The third-order valence-corrected chi connectivity index (χ3v) is 2.81. The Morgan fingerprint density at radius 1 is 1.28 bits per heavy atom. The van der Waals surface area contributed by atoms with Gasteiger partial charge in [-0.3, -0.25) is 0 Å². The highest BCUT2D eigenvalue weighted by Gasteiger charge is 2.03. The van der Waals surface area contributed by atoms with Gasteiger partial charge in [-0.25, -0.2) is 0 Å². The molecular formula is C16H18N2. The van der Waals surface area contributed by atoms with Crippen molar-refractivity contribution in [2.75, 3.05) is 0 Å². The smallest absolute Gasteiger partial charge is 0.0483 e. The van der Waals surface area contributed by atoms with Gasteiger partial charge in [-0.1, -0.05) is 36.4 Å². The summed E-state index contributed by atoms with van der Waals surface area (Å²) < 4.78 is 2.11. The van der Waals surface area contributed by atoms with Crippen LogP contribution in [0.4, 0.5) is 0 Å². The molecule has 2 N–H and O–H groups in total. The minimum atomic E-state index is 0.731. The lowest BCUT2D eigenvalue weighted by Crippen LogP contribution is -1.92. The molecule has 2 aromatic rings. The molecule has 1 heterocycles. The molecule has 0 fully saturated rings. The highest BCUT2D eigenvalue weighted by atomic mass is 14.9. The maximum atomic E-state index is 5.98. The van der Waals surface area contributed by atoms with E-state index < -0.39 is 0 Å². The SMILES string of the molecule is C=C(C)C=CC(N)=Cc1cn(C)c2ccccc12. The fraction of sp³-hybridized carbons (Fsp3) is 0.125. The highest BCUT2D eigenvalue weighted by Crippen LogP contribution is 2.22. The molecule has 1 aromatic heterocycles. The number of nitrogens with two attached hydrogens (primary N) is 1. The van der Waals surface area contributed by atoms with E-state index in [2.05, 4.69) is 29.5 Å². The van der Waals surface area contributed by atoms with Crippen LogP contribution >= 0.6 is 0 Å². The lowest BCUT2D eigenvalue weighted by molar-refractivity contribution is 0.968. The van der Waals surface area contributed by atoms with Crippen LogP contribution in [0, 0.1) is 0 Å². The van der Waals surface area contributed by atoms with Gasteiger partial charge in [0.25, 0.3) is 0 Å². The van der Waals surface area contributed by atoms with Crippen molar-refractivity contribution in [2.45, 2.75) is 6.92 Å². The predicted octanol–water partition coefficient (Wildman–Crippen LogP) is 3.61. The summed E-state index contributed by atoms with van der Waals surface area (Å²) in [7, 11) is 2.04. The van der Waals surface area contributed by atoms with Crippen LogP contribution in [-0.2, 0) is 7.05 Å². The van der Waals surface area contributed by atoms with Crippen molar-refractivity contribution in [1.29, 1.82) is 0 Å². The van der Waals surface area contributed by atoms with Gasteiger partial charge in [0.1, 0.15) is 0 Å². The van der Waals surface area contributed by atoms with E-state index in [-0.39, 0.29) is 0 Å². The van der Waals surface area contributed by atoms with Crippen molar-refractivity contribution in [1.82, 2.24) is 4.57 Å². The summed E-state index contributed by atoms with van der Waals surface area (Å²) >= 11 is 0. The van der Waals surface area contributed by atoms with Gasteiger partial charge in [0.05, 0.1) is 0 Å². The van der Waals surface area contributed by atoms with E-state index in [1.165, 1.54) is 10.9 Å². The molecule has 18 heavy (non-hydrogen) atoms. The second-order valence-electron chi connectivity index (χ2n) is 4.54. The lowest BCUT2D eigenvalue weighted by Gasteiger charge is -1.94. The van der Waals surface area contributed by atoms with E-state index in [1.54, 1.807) is 0 Å². The number of hydrogen-bond donors (Lipinski definition) is 1. The van der Waals surface area contributed by atoms with Crippen molar-refractivity contribution in [2.24, 2.45) is 12.8 Å². The van der Waals surface area contributed by atoms with Crippen LogP contribution in [0.5, 0.6) is 0 Å². The van der Waals surface area contributed by atoms with Crippen LogP contribution in [-0.4, -0.2) is 4.57 Å². The number of rotatable bonds is 3. The molecule has 0 aliphatic carbocycles. The normalized spacial score (nSPS) is 12.4. The second kappa shape index (κ2) is 4.96. The van der Waals surface area contributed by atoms with Gasteiger partial charge in [0.2, 0.25) is 0 Å². The molecule has 2 nitrogen and oxygen atoms in total. The molecule has 0 radical (unpaired) electrons. The standard InChI is InChI=1S/C16H18N2/c1-12(2)8-9-14(17)10-13-11-18(3)16-7-5-4-6-15(13)16/h4-11H,1,17H2,2-3H3. The number of allylic oxidation sites excluding steroid dienone is 3. The molecule has 0 atom stereocenters. The average molecular weight is 238 g/mol. The van der Waals surface area contributed by atoms with Crippen molar-refractivity contribution in [3.8, 4) is 0 Å². The Kier molecular flexibility index (Phi) is 3.38. The van der Waals surface area contributed by atoms with Crippen LogP contribution < -0.4 is 5.73 Å². The van der Waals surface area contributed by atoms with Gasteiger partial charge in [0, 0.05) is 35.4 Å². The van der Waals surface area contributed by atoms with Gasteiger partial charge in [-0.05, 0) is 25.1 Å². The lowest BCUT2D eigenvalue weighted by atomic mass is 10.1. The van der Waals surface area contributed by atoms with Crippen LogP contribution in [0.3, 0.4) is 0 Å². The summed E-state index contributed by atoms with van der Waals surface area (Å²) in [4.78, 5) is 0.